The average Bonchev–Trinajstić information content (AvgIpc) is 2.68. The Kier molecular flexibility index (Phi) is 5.49. The molecule has 3 aromatic rings. The lowest BCUT2D eigenvalue weighted by atomic mass is 10.1. The lowest BCUT2D eigenvalue weighted by Crippen LogP contribution is -2.25. The minimum atomic E-state index is -0.185. The molecule has 1 amide bonds. The topological polar surface area (TPSA) is 66.9 Å². The van der Waals surface area contributed by atoms with E-state index in [0.717, 1.165) is 23.4 Å². The number of carbonyl (C=O) groups excluding carboxylic acids is 1. The number of nitrogens with one attached hydrogen (secondary N) is 2. The van der Waals surface area contributed by atoms with Gasteiger partial charge in [-0.15, -0.1) is 0 Å². The lowest BCUT2D eigenvalue weighted by molar-refractivity contribution is 0.0946. The second-order valence-electron chi connectivity index (χ2n) is 5.63. The van der Waals surface area contributed by atoms with Crippen LogP contribution in [0.1, 0.15) is 21.6 Å². The molecule has 0 saturated carbocycles. The first-order chi connectivity index (χ1) is 12.3. The van der Waals surface area contributed by atoms with E-state index >= 15 is 0 Å². The molecule has 0 atom stereocenters. The van der Waals surface area contributed by atoms with Gasteiger partial charge in [0.25, 0.3) is 5.91 Å². The molecule has 2 aromatic heterocycles. The molecule has 2 N–H and O–H groups in total. The van der Waals surface area contributed by atoms with E-state index < -0.39 is 0 Å². The van der Waals surface area contributed by atoms with Crippen molar-refractivity contribution in [2.75, 3.05) is 7.05 Å². The van der Waals surface area contributed by atoms with Crippen molar-refractivity contribution in [1.29, 1.82) is 0 Å². The normalized spacial score (nSPS) is 10.4. The highest BCUT2D eigenvalue weighted by Crippen LogP contribution is 2.16. The molecule has 25 heavy (non-hydrogen) atoms. The average molecular weight is 332 g/mol. The van der Waals surface area contributed by atoms with Crippen molar-refractivity contribution >= 4 is 5.91 Å². The smallest absolute Gasteiger partial charge is 0.270 e. The van der Waals surface area contributed by atoms with Crippen LogP contribution in [0.2, 0.25) is 0 Å². The molecule has 0 aliphatic rings. The summed E-state index contributed by atoms with van der Waals surface area (Å²) in [5, 5.41) is 6.09. The molecule has 5 nitrogen and oxygen atoms in total. The summed E-state index contributed by atoms with van der Waals surface area (Å²) in [5.74, 6) is -0.185. The van der Waals surface area contributed by atoms with Crippen LogP contribution >= 0.6 is 0 Å². The minimum absolute atomic E-state index is 0.185. The third-order valence-corrected chi connectivity index (χ3v) is 3.88. The second-order valence-corrected chi connectivity index (χ2v) is 5.63. The number of hydrogen-bond donors (Lipinski definition) is 2. The van der Waals surface area contributed by atoms with Crippen molar-refractivity contribution in [3.63, 3.8) is 0 Å². The van der Waals surface area contributed by atoms with Crippen molar-refractivity contribution in [2.45, 2.75) is 13.1 Å². The number of hydrogen-bond acceptors (Lipinski definition) is 4. The lowest BCUT2D eigenvalue weighted by Gasteiger charge is -2.10. The van der Waals surface area contributed by atoms with Gasteiger partial charge in [-0.3, -0.25) is 9.78 Å². The fourth-order valence-corrected chi connectivity index (χ4v) is 2.60. The van der Waals surface area contributed by atoms with E-state index in [1.54, 1.807) is 18.5 Å². The number of pyridine rings is 2. The maximum absolute atomic E-state index is 12.5. The SMILES string of the molecule is CNCc1ccccc1CNC(=O)c1cccc(-c2ccncc2)n1. The Balaban J connectivity index is 1.72. The van der Waals surface area contributed by atoms with Crippen LogP contribution in [0, 0.1) is 0 Å². The van der Waals surface area contributed by atoms with E-state index in [2.05, 4.69) is 26.7 Å². The van der Waals surface area contributed by atoms with Crippen molar-refractivity contribution < 1.29 is 4.79 Å². The van der Waals surface area contributed by atoms with Gasteiger partial charge < -0.3 is 10.6 Å². The molecule has 0 saturated heterocycles. The summed E-state index contributed by atoms with van der Waals surface area (Å²) in [6.45, 7) is 1.24. The summed E-state index contributed by atoms with van der Waals surface area (Å²) >= 11 is 0. The van der Waals surface area contributed by atoms with E-state index in [0.29, 0.717) is 12.2 Å². The summed E-state index contributed by atoms with van der Waals surface area (Å²) in [7, 11) is 1.91. The predicted octanol–water partition coefficient (Wildman–Crippen LogP) is 2.79. The number of rotatable bonds is 6. The Hall–Kier alpha value is -3.05. The van der Waals surface area contributed by atoms with Gasteiger partial charge in [-0.05, 0) is 42.4 Å². The van der Waals surface area contributed by atoms with Gasteiger partial charge in [0.15, 0.2) is 0 Å². The third-order valence-electron chi connectivity index (χ3n) is 3.88. The zero-order valence-electron chi connectivity index (χ0n) is 14.1. The van der Waals surface area contributed by atoms with Gasteiger partial charge in [0, 0.05) is 31.0 Å². The van der Waals surface area contributed by atoms with Crippen molar-refractivity contribution in [3.05, 3.63) is 83.8 Å². The van der Waals surface area contributed by atoms with Gasteiger partial charge >= 0.3 is 0 Å². The van der Waals surface area contributed by atoms with Crippen LogP contribution in [-0.2, 0) is 13.1 Å². The highest BCUT2D eigenvalue weighted by Gasteiger charge is 2.10. The van der Waals surface area contributed by atoms with Crippen LogP contribution in [0.15, 0.2) is 67.0 Å². The Morgan fingerprint density at radius 3 is 2.36 bits per heavy atom. The molecule has 0 aliphatic carbocycles. The Morgan fingerprint density at radius 1 is 0.920 bits per heavy atom. The molecule has 0 bridgehead atoms. The van der Waals surface area contributed by atoms with E-state index in [1.807, 2.05) is 49.5 Å². The first kappa shape index (κ1) is 16.8. The zero-order valence-corrected chi connectivity index (χ0v) is 14.1. The van der Waals surface area contributed by atoms with Gasteiger partial charge in [0.2, 0.25) is 0 Å². The summed E-state index contributed by atoms with van der Waals surface area (Å²) in [4.78, 5) is 20.9. The molecular weight excluding hydrogens is 312 g/mol. The second kappa shape index (κ2) is 8.17. The Bertz CT molecular complexity index is 849. The number of carbonyl (C=O) groups is 1. The number of aromatic nitrogens is 2. The van der Waals surface area contributed by atoms with E-state index in [1.165, 1.54) is 5.56 Å². The largest absolute Gasteiger partial charge is 0.347 e. The molecule has 0 fully saturated rings. The van der Waals surface area contributed by atoms with Crippen molar-refractivity contribution in [1.82, 2.24) is 20.6 Å². The molecule has 2 heterocycles. The van der Waals surface area contributed by atoms with Crippen LogP contribution in [0.25, 0.3) is 11.3 Å². The van der Waals surface area contributed by atoms with Crippen LogP contribution in [0.3, 0.4) is 0 Å². The molecule has 126 valence electrons. The highest BCUT2D eigenvalue weighted by atomic mass is 16.1. The van der Waals surface area contributed by atoms with E-state index in [-0.39, 0.29) is 5.91 Å². The minimum Gasteiger partial charge on any atom is -0.347 e. The molecular formula is C20H20N4O. The molecule has 0 aliphatic heterocycles. The van der Waals surface area contributed by atoms with Crippen LogP contribution < -0.4 is 10.6 Å². The van der Waals surface area contributed by atoms with Gasteiger partial charge in [-0.1, -0.05) is 30.3 Å². The quantitative estimate of drug-likeness (QED) is 0.728. The Morgan fingerprint density at radius 2 is 1.64 bits per heavy atom. The third kappa shape index (κ3) is 4.28. The zero-order chi connectivity index (χ0) is 17.5. The maximum Gasteiger partial charge on any atom is 0.270 e. The van der Waals surface area contributed by atoms with E-state index in [9.17, 15) is 4.79 Å². The molecule has 0 spiro atoms. The van der Waals surface area contributed by atoms with Crippen LogP contribution in [0.5, 0.6) is 0 Å². The summed E-state index contributed by atoms with van der Waals surface area (Å²) in [5.41, 5.74) is 4.36. The molecule has 0 unspecified atom stereocenters. The van der Waals surface area contributed by atoms with Gasteiger partial charge in [-0.2, -0.15) is 0 Å². The predicted molar refractivity (Wildman–Crippen MR) is 97.8 cm³/mol. The molecule has 0 radical (unpaired) electrons. The first-order valence-electron chi connectivity index (χ1n) is 8.15. The maximum atomic E-state index is 12.5. The molecule has 5 heteroatoms. The number of benzene rings is 1. The van der Waals surface area contributed by atoms with Crippen molar-refractivity contribution in [3.8, 4) is 11.3 Å². The fourth-order valence-electron chi connectivity index (χ4n) is 2.60. The van der Waals surface area contributed by atoms with Crippen molar-refractivity contribution in [2.24, 2.45) is 0 Å². The standard InChI is InChI=1S/C20H20N4O/c1-21-13-16-5-2-3-6-17(16)14-23-20(25)19-8-4-7-18(24-19)15-9-11-22-12-10-15/h2-12,21H,13-14H2,1H3,(H,23,25). The highest BCUT2D eigenvalue weighted by molar-refractivity contribution is 5.92. The molecule has 3 rings (SSSR count). The molecule has 1 aromatic carbocycles. The first-order valence-corrected chi connectivity index (χ1v) is 8.15. The van der Waals surface area contributed by atoms with Gasteiger partial charge in [0.1, 0.15) is 5.69 Å². The number of nitrogens with zero attached hydrogens (tertiary/aromatic N) is 2. The van der Waals surface area contributed by atoms with Gasteiger partial charge in [-0.25, -0.2) is 4.98 Å². The monoisotopic (exact) mass is 332 g/mol. The Labute approximate surface area is 147 Å². The summed E-state index contributed by atoms with van der Waals surface area (Å²) in [6, 6.07) is 17.2. The van der Waals surface area contributed by atoms with Crippen LogP contribution in [0.4, 0.5) is 0 Å². The summed E-state index contributed by atoms with van der Waals surface area (Å²) < 4.78 is 0. The summed E-state index contributed by atoms with van der Waals surface area (Å²) in [6.07, 6.45) is 3.42. The fraction of sp³-hybridized carbons (Fsp3) is 0.150. The van der Waals surface area contributed by atoms with Crippen LogP contribution in [-0.4, -0.2) is 22.9 Å². The van der Waals surface area contributed by atoms with E-state index in [4.69, 9.17) is 0 Å². The van der Waals surface area contributed by atoms with Gasteiger partial charge in [0.05, 0.1) is 5.69 Å². The number of amides is 1.